The number of ether oxygens (including phenoxy) is 2. The molecule has 0 unspecified atom stereocenters. The van der Waals surface area contributed by atoms with Crippen molar-refractivity contribution in [1.29, 1.82) is 0 Å². The molecule has 3 aliphatic rings. The maximum absolute atomic E-state index is 16.3. The van der Waals surface area contributed by atoms with Crippen molar-refractivity contribution in [1.82, 2.24) is 19.9 Å². The number of anilines is 1. The van der Waals surface area contributed by atoms with Crippen LogP contribution in [0.3, 0.4) is 0 Å². The summed E-state index contributed by atoms with van der Waals surface area (Å²) in [7, 11) is 0. The van der Waals surface area contributed by atoms with E-state index in [-0.39, 0.29) is 29.4 Å². The van der Waals surface area contributed by atoms with Gasteiger partial charge in [-0.05, 0) is 31.9 Å². The number of fused-ring (bicyclic) bond motifs is 3. The second-order valence-corrected chi connectivity index (χ2v) is 11.4. The lowest BCUT2D eigenvalue weighted by molar-refractivity contribution is 0.107. The Balaban J connectivity index is 1.32. The fraction of sp³-hybridized carbons (Fsp3) is 0.464. The van der Waals surface area contributed by atoms with Crippen molar-refractivity contribution in [2.75, 3.05) is 50.9 Å². The molecule has 3 aliphatic heterocycles. The summed E-state index contributed by atoms with van der Waals surface area (Å²) in [5, 5.41) is 3.45. The largest absolute Gasteiger partial charge is 0.461 e. The molecule has 0 radical (unpaired) electrons. The molecule has 10 heteroatoms. The van der Waals surface area contributed by atoms with Gasteiger partial charge in [0.05, 0.1) is 17.5 Å². The van der Waals surface area contributed by atoms with Gasteiger partial charge in [-0.25, -0.2) is 8.78 Å². The first kappa shape index (κ1) is 24.1. The number of halogens is 2. The van der Waals surface area contributed by atoms with Crippen molar-refractivity contribution in [2.24, 2.45) is 0 Å². The molecular weight excluding hydrogens is 508 g/mol. The van der Waals surface area contributed by atoms with Crippen LogP contribution in [0.25, 0.3) is 32.2 Å². The first-order chi connectivity index (χ1) is 18.6. The Morgan fingerprint density at radius 3 is 2.97 bits per heavy atom. The number of rotatable bonds is 5. The number of aromatic nitrogens is 3. The van der Waals surface area contributed by atoms with Crippen LogP contribution < -0.4 is 9.64 Å². The highest BCUT2D eigenvalue weighted by molar-refractivity contribution is 7.17. The molecular formula is C28H29F2N5O2S. The van der Waals surface area contributed by atoms with Gasteiger partial charge < -0.3 is 14.4 Å². The Kier molecular flexibility index (Phi) is 6.13. The van der Waals surface area contributed by atoms with Gasteiger partial charge in [0.1, 0.15) is 29.8 Å². The van der Waals surface area contributed by atoms with E-state index in [0.29, 0.717) is 43.9 Å². The molecule has 2 atom stereocenters. The number of pyridine rings is 1. The molecule has 198 valence electrons. The zero-order valence-corrected chi connectivity index (χ0v) is 21.9. The van der Waals surface area contributed by atoms with Gasteiger partial charge in [0.25, 0.3) is 0 Å². The van der Waals surface area contributed by atoms with Crippen LogP contribution in [0, 0.1) is 5.82 Å². The van der Waals surface area contributed by atoms with Gasteiger partial charge >= 0.3 is 6.01 Å². The minimum absolute atomic E-state index is 0.118. The second-order valence-electron chi connectivity index (χ2n) is 10.5. The number of thiophene rings is 1. The number of hydrogen-bond donors (Lipinski definition) is 0. The number of nitrogens with zero attached hydrogens (tertiary/aromatic N) is 5. The van der Waals surface area contributed by atoms with E-state index < -0.39 is 12.0 Å². The quantitative estimate of drug-likeness (QED) is 0.346. The molecule has 0 N–H and O–H groups in total. The minimum Gasteiger partial charge on any atom is -0.461 e. The summed E-state index contributed by atoms with van der Waals surface area (Å²) in [5.41, 5.74) is 0.856. The van der Waals surface area contributed by atoms with Crippen LogP contribution in [-0.2, 0) is 4.74 Å². The summed E-state index contributed by atoms with van der Waals surface area (Å²) in [6.07, 6.45) is 4.01. The van der Waals surface area contributed by atoms with Gasteiger partial charge in [0, 0.05) is 59.9 Å². The lowest BCUT2D eigenvalue weighted by Gasteiger charge is -2.31. The number of alkyl halides is 1. The van der Waals surface area contributed by atoms with Gasteiger partial charge in [-0.1, -0.05) is 18.2 Å². The van der Waals surface area contributed by atoms with Gasteiger partial charge in [-0.3, -0.25) is 9.88 Å². The molecule has 3 saturated heterocycles. The maximum Gasteiger partial charge on any atom is 0.319 e. The first-order valence-corrected chi connectivity index (χ1v) is 14.2. The summed E-state index contributed by atoms with van der Waals surface area (Å²) in [5.74, 6) is 0.107. The van der Waals surface area contributed by atoms with Crippen LogP contribution in [0.15, 0.2) is 35.8 Å². The average Bonchev–Trinajstić information content (AvgIpc) is 3.52. The predicted molar refractivity (Wildman–Crippen MR) is 144 cm³/mol. The van der Waals surface area contributed by atoms with Gasteiger partial charge in [-0.15, -0.1) is 11.3 Å². The van der Waals surface area contributed by atoms with Crippen LogP contribution >= 0.6 is 11.3 Å². The number of benzene rings is 1. The highest BCUT2D eigenvalue weighted by atomic mass is 32.1. The molecule has 4 aromatic rings. The molecule has 0 amide bonds. The molecule has 6 heterocycles. The molecule has 0 aliphatic carbocycles. The lowest BCUT2D eigenvalue weighted by Crippen LogP contribution is -2.43. The van der Waals surface area contributed by atoms with Crippen LogP contribution in [0.1, 0.15) is 25.7 Å². The van der Waals surface area contributed by atoms with Crippen molar-refractivity contribution in [3.05, 3.63) is 41.7 Å². The summed E-state index contributed by atoms with van der Waals surface area (Å²) in [6, 6.07) is 8.04. The van der Waals surface area contributed by atoms with Gasteiger partial charge in [-0.2, -0.15) is 9.97 Å². The normalized spacial score (nSPS) is 24.3. The van der Waals surface area contributed by atoms with Crippen molar-refractivity contribution < 1.29 is 18.3 Å². The zero-order valence-electron chi connectivity index (χ0n) is 21.0. The highest BCUT2D eigenvalue weighted by Gasteiger charge is 2.49. The van der Waals surface area contributed by atoms with Gasteiger partial charge in [0.2, 0.25) is 0 Å². The van der Waals surface area contributed by atoms with Gasteiger partial charge in [0.15, 0.2) is 5.82 Å². The minimum atomic E-state index is -0.851. The first-order valence-electron chi connectivity index (χ1n) is 13.3. The van der Waals surface area contributed by atoms with E-state index in [1.54, 1.807) is 17.5 Å². The van der Waals surface area contributed by atoms with E-state index in [1.165, 1.54) is 0 Å². The topological polar surface area (TPSA) is 63.6 Å². The maximum atomic E-state index is 16.3. The predicted octanol–water partition coefficient (Wildman–Crippen LogP) is 5.23. The molecule has 0 saturated carbocycles. The molecule has 38 heavy (non-hydrogen) atoms. The summed E-state index contributed by atoms with van der Waals surface area (Å²) < 4.78 is 43.5. The Hall–Kier alpha value is -2.95. The van der Waals surface area contributed by atoms with E-state index in [0.717, 1.165) is 48.0 Å². The van der Waals surface area contributed by atoms with E-state index in [2.05, 4.69) is 19.8 Å². The van der Waals surface area contributed by atoms with Crippen LogP contribution in [0.4, 0.5) is 14.6 Å². The Morgan fingerprint density at radius 2 is 2.03 bits per heavy atom. The average molecular weight is 538 g/mol. The van der Waals surface area contributed by atoms with E-state index in [4.69, 9.17) is 14.5 Å². The third-order valence-electron chi connectivity index (χ3n) is 8.13. The standard InChI is InChI=1S/C28H29F2N5O2S/c29-18-13-28(7-3-9-35(28)15-18)17-37-27-32-25-20(26(33-27)34-8-4-11-36-12-10-34)14-31-24(23(25)30)21-16-38-22-6-2-1-5-19(21)22/h1-2,5-6,14,16,18H,3-4,7-13,15,17H2/t18-,28+/m1/s1. The zero-order chi connectivity index (χ0) is 25.7. The van der Waals surface area contributed by atoms with E-state index >= 15 is 4.39 Å². The highest BCUT2D eigenvalue weighted by Crippen LogP contribution is 2.41. The Bertz CT molecular complexity index is 1490. The molecule has 0 spiro atoms. The molecule has 1 aromatic carbocycles. The van der Waals surface area contributed by atoms with Crippen LogP contribution in [-0.4, -0.2) is 77.6 Å². The Labute approximate surface area is 223 Å². The number of hydrogen-bond acceptors (Lipinski definition) is 8. The van der Waals surface area contributed by atoms with Crippen LogP contribution in [0.5, 0.6) is 6.01 Å². The molecule has 0 bridgehead atoms. The van der Waals surface area contributed by atoms with Crippen molar-refractivity contribution in [2.45, 2.75) is 37.4 Å². The van der Waals surface area contributed by atoms with E-state index in [1.807, 2.05) is 29.6 Å². The third kappa shape index (κ3) is 4.10. The van der Waals surface area contributed by atoms with E-state index in [9.17, 15) is 4.39 Å². The Morgan fingerprint density at radius 1 is 1.11 bits per heavy atom. The van der Waals surface area contributed by atoms with Crippen LogP contribution in [0.2, 0.25) is 0 Å². The summed E-state index contributed by atoms with van der Waals surface area (Å²) >= 11 is 1.56. The van der Waals surface area contributed by atoms with Crippen molar-refractivity contribution in [3.8, 4) is 17.3 Å². The fourth-order valence-corrected chi connectivity index (χ4v) is 7.23. The molecule has 7 rings (SSSR count). The molecule has 3 fully saturated rings. The molecule has 3 aromatic heterocycles. The molecule has 7 nitrogen and oxygen atoms in total. The van der Waals surface area contributed by atoms with Crippen molar-refractivity contribution in [3.63, 3.8) is 0 Å². The third-order valence-corrected chi connectivity index (χ3v) is 9.10. The monoisotopic (exact) mass is 537 g/mol. The lowest BCUT2D eigenvalue weighted by atomic mass is 9.95. The smallest absolute Gasteiger partial charge is 0.319 e. The second kappa shape index (κ2) is 9.66. The SMILES string of the molecule is Fc1c(-c2csc3ccccc23)ncc2c(N3CCCOCC3)nc(OC[C@@]34CCCN3C[C@H](F)C4)nc12. The fourth-order valence-electron chi connectivity index (χ4n) is 6.28. The van der Waals surface area contributed by atoms with Crippen molar-refractivity contribution >= 4 is 38.1 Å². The summed E-state index contributed by atoms with van der Waals surface area (Å²) in [6.45, 7) is 4.20. The summed E-state index contributed by atoms with van der Waals surface area (Å²) in [4.78, 5) is 18.2.